The molecule has 0 spiro atoms. The second-order valence-electron chi connectivity index (χ2n) is 2.74. The average molecular weight is 174 g/mol. The third kappa shape index (κ3) is 2.35. The van der Waals surface area contributed by atoms with Crippen LogP contribution in [0, 0.1) is 0 Å². The Kier molecular flexibility index (Phi) is 3.31. The highest BCUT2D eigenvalue weighted by molar-refractivity contribution is 5.73. The number of hydrogen-bond donors (Lipinski definition) is 2. The van der Waals surface area contributed by atoms with Crippen LogP contribution in [0.2, 0.25) is 0 Å². The zero-order valence-corrected chi connectivity index (χ0v) is 7.12. The third-order valence-electron chi connectivity index (χ3n) is 1.55. The number of β-amino-alcohol motifs (C(OH)–C–C–N with tert-alkyl or cyclic N) is 1. The Morgan fingerprint density at radius 2 is 2.58 bits per heavy atom. The van der Waals surface area contributed by atoms with Gasteiger partial charge in [0.2, 0.25) is 0 Å². The summed E-state index contributed by atoms with van der Waals surface area (Å²) in [5.41, 5.74) is 0. The van der Waals surface area contributed by atoms with Gasteiger partial charge in [0.1, 0.15) is 12.7 Å². The number of hydroxylamine groups is 2. The molecule has 70 valence electrons. The van der Waals surface area contributed by atoms with E-state index >= 15 is 0 Å². The fourth-order valence-electron chi connectivity index (χ4n) is 0.934. The molecule has 0 aliphatic carbocycles. The molecule has 1 unspecified atom stereocenters. The Hall–Kier alpha value is -0.810. The molecule has 2 N–H and O–H groups in total. The highest BCUT2D eigenvalue weighted by atomic mass is 16.7. The lowest BCUT2D eigenvalue weighted by Crippen LogP contribution is -2.38. The van der Waals surface area contributed by atoms with E-state index in [-0.39, 0.29) is 19.2 Å². The van der Waals surface area contributed by atoms with Crippen molar-refractivity contribution < 1.29 is 14.7 Å². The summed E-state index contributed by atoms with van der Waals surface area (Å²) in [4.78, 5) is 16.0. The number of aliphatic hydroxyl groups is 1. The van der Waals surface area contributed by atoms with Gasteiger partial charge in [-0.1, -0.05) is 6.92 Å². The maximum atomic E-state index is 11.1. The van der Waals surface area contributed by atoms with Crippen LogP contribution in [0.3, 0.4) is 0 Å². The van der Waals surface area contributed by atoms with Crippen molar-refractivity contribution in [3.05, 3.63) is 0 Å². The monoisotopic (exact) mass is 174 g/mol. The van der Waals surface area contributed by atoms with Crippen molar-refractivity contribution in [2.24, 2.45) is 0 Å². The van der Waals surface area contributed by atoms with Crippen molar-refractivity contribution in [3.63, 3.8) is 0 Å². The zero-order valence-electron chi connectivity index (χ0n) is 7.12. The average Bonchev–Trinajstić information content (AvgIpc) is 2.47. The highest BCUT2D eigenvalue weighted by Crippen LogP contribution is 2.04. The number of rotatable bonds is 2. The van der Waals surface area contributed by atoms with Crippen LogP contribution in [0.4, 0.5) is 4.79 Å². The Labute approximate surface area is 71.3 Å². The first kappa shape index (κ1) is 9.28. The highest BCUT2D eigenvalue weighted by Gasteiger charge is 2.25. The topological polar surface area (TPSA) is 61.8 Å². The van der Waals surface area contributed by atoms with E-state index in [1.807, 2.05) is 6.92 Å². The lowest BCUT2D eigenvalue weighted by molar-refractivity contribution is -0.0677. The molecule has 1 heterocycles. The van der Waals surface area contributed by atoms with Gasteiger partial charge in [0.05, 0.1) is 6.54 Å². The van der Waals surface area contributed by atoms with Gasteiger partial charge in [-0.25, -0.2) is 9.86 Å². The van der Waals surface area contributed by atoms with Crippen LogP contribution in [-0.2, 0) is 4.84 Å². The van der Waals surface area contributed by atoms with E-state index in [1.165, 1.54) is 0 Å². The van der Waals surface area contributed by atoms with E-state index < -0.39 is 6.10 Å². The molecule has 1 aliphatic rings. The molecule has 1 saturated heterocycles. The summed E-state index contributed by atoms with van der Waals surface area (Å²) in [6, 6.07) is -0.270. The number of aliphatic hydroxyl groups excluding tert-OH is 1. The summed E-state index contributed by atoms with van der Waals surface area (Å²) in [6.45, 7) is 3.07. The third-order valence-corrected chi connectivity index (χ3v) is 1.55. The number of nitrogens with one attached hydrogen (secondary N) is 1. The second kappa shape index (κ2) is 4.27. The van der Waals surface area contributed by atoms with Gasteiger partial charge in [-0.3, -0.25) is 4.84 Å². The first-order valence-corrected chi connectivity index (χ1v) is 4.10. The molecule has 0 aromatic carbocycles. The SMILES string of the molecule is CCCNC(=O)N1CC(O)CO1. The van der Waals surface area contributed by atoms with Crippen LogP contribution in [-0.4, -0.2) is 42.0 Å². The number of carbonyl (C=O) groups excluding carboxylic acids is 1. The van der Waals surface area contributed by atoms with Crippen LogP contribution in [0.5, 0.6) is 0 Å². The molecule has 5 nitrogen and oxygen atoms in total. The number of nitrogens with zero attached hydrogens (tertiary/aromatic N) is 1. The van der Waals surface area contributed by atoms with Gasteiger partial charge in [0.15, 0.2) is 0 Å². The molecule has 0 bridgehead atoms. The van der Waals surface area contributed by atoms with Crippen LogP contribution >= 0.6 is 0 Å². The van der Waals surface area contributed by atoms with Crippen LogP contribution in [0.25, 0.3) is 0 Å². The minimum atomic E-state index is -0.544. The van der Waals surface area contributed by atoms with Crippen LogP contribution in [0.1, 0.15) is 13.3 Å². The van der Waals surface area contributed by atoms with Gasteiger partial charge in [-0.2, -0.15) is 0 Å². The van der Waals surface area contributed by atoms with Gasteiger partial charge >= 0.3 is 6.03 Å². The van der Waals surface area contributed by atoms with Gasteiger partial charge < -0.3 is 10.4 Å². The molecule has 0 aromatic rings. The first-order chi connectivity index (χ1) is 5.74. The van der Waals surface area contributed by atoms with Crippen molar-refractivity contribution in [2.75, 3.05) is 19.7 Å². The van der Waals surface area contributed by atoms with Crippen molar-refractivity contribution in [2.45, 2.75) is 19.4 Å². The van der Waals surface area contributed by atoms with Crippen molar-refractivity contribution in [1.29, 1.82) is 0 Å². The molecule has 1 atom stereocenters. The largest absolute Gasteiger partial charge is 0.389 e. The van der Waals surface area contributed by atoms with E-state index in [1.54, 1.807) is 0 Å². The Bertz CT molecular complexity index is 163. The molecule has 1 rings (SSSR count). The lowest BCUT2D eigenvalue weighted by atomic mass is 10.4. The number of amides is 2. The smallest absolute Gasteiger partial charge is 0.341 e. The van der Waals surface area contributed by atoms with Gasteiger partial charge in [0, 0.05) is 6.54 Å². The maximum absolute atomic E-state index is 11.1. The number of urea groups is 1. The molecule has 1 fully saturated rings. The molecular weight excluding hydrogens is 160 g/mol. The molecule has 2 amide bonds. The Morgan fingerprint density at radius 1 is 1.83 bits per heavy atom. The fraction of sp³-hybridized carbons (Fsp3) is 0.857. The van der Waals surface area contributed by atoms with E-state index in [4.69, 9.17) is 9.94 Å². The molecule has 0 saturated carbocycles. The van der Waals surface area contributed by atoms with Crippen LogP contribution < -0.4 is 5.32 Å². The first-order valence-electron chi connectivity index (χ1n) is 4.10. The standard InChI is InChI=1S/C7H14N2O3/c1-2-3-8-7(11)9-4-6(10)5-12-9/h6,10H,2-5H2,1H3,(H,8,11). The molecule has 0 radical (unpaired) electrons. The van der Waals surface area contributed by atoms with E-state index in [2.05, 4.69) is 5.32 Å². The summed E-state index contributed by atoms with van der Waals surface area (Å²) in [5.74, 6) is 0. The predicted octanol–water partition coefficient (Wildman–Crippen LogP) is -0.286. The molecule has 5 heteroatoms. The van der Waals surface area contributed by atoms with E-state index in [0.29, 0.717) is 6.54 Å². The van der Waals surface area contributed by atoms with E-state index in [9.17, 15) is 4.79 Å². The van der Waals surface area contributed by atoms with Gasteiger partial charge in [-0.15, -0.1) is 0 Å². The Morgan fingerprint density at radius 3 is 3.08 bits per heavy atom. The summed E-state index contributed by atoms with van der Waals surface area (Å²) >= 11 is 0. The summed E-state index contributed by atoms with van der Waals surface area (Å²) in [5, 5.41) is 12.8. The lowest BCUT2D eigenvalue weighted by Gasteiger charge is -2.13. The van der Waals surface area contributed by atoms with Crippen LogP contribution in [0.15, 0.2) is 0 Å². The van der Waals surface area contributed by atoms with Gasteiger partial charge in [0.25, 0.3) is 0 Å². The van der Waals surface area contributed by atoms with Crippen molar-refractivity contribution in [3.8, 4) is 0 Å². The summed E-state index contributed by atoms with van der Waals surface area (Å²) in [7, 11) is 0. The fourth-order valence-corrected chi connectivity index (χ4v) is 0.934. The minimum absolute atomic E-state index is 0.208. The molecule has 12 heavy (non-hydrogen) atoms. The second-order valence-corrected chi connectivity index (χ2v) is 2.74. The Balaban J connectivity index is 2.23. The number of carbonyl (C=O) groups is 1. The molecule has 0 aromatic heterocycles. The number of hydrogen-bond acceptors (Lipinski definition) is 3. The normalized spacial score (nSPS) is 22.8. The van der Waals surface area contributed by atoms with Crippen molar-refractivity contribution in [1.82, 2.24) is 10.4 Å². The summed E-state index contributed by atoms with van der Waals surface area (Å²) in [6.07, 6.45) is 0.347. The molecule has 1 aliphatic heterocycles. The summed E-state index contributed by atoms with van der Waals surface area (Å²) < 4.78 is 0. The van der Waals surface area contributed by atoms with Gasteiger partial charge in [-0.05, 0) is 6.42 Å². The minimum Gasteiger partial charge on any atom is -0.389 e. The maximum Gasteiger partial charge on any atom is 0.341 e. The predicted molar refractivity (Wildman–Crippen MR) is 42.4 cm³/mol. The van der Waals surface area contributed by atoms with Crippen molar-refractivity contribution >= 4 is 6.03 Å². The quantitative estimate of drug-likeness (QED) is 0.605. The van der Waals surface area contributed by atoms with E-state index in [0.717, 1.165) is 11.5 Å². The zero-order chi connectivity index (χ0) is 8.97. The molecular formula is C7H14N2O3.